The predicted molar refractivity (Wildman–Crippen MR) is 76.8 cm³/mol. The molecule has 5 heteroatoms. The van der Waals surface area contributed by atoms with Crippen LogP contribution in [0.1, 0.15) is 5.56 Å². The zero-order valence-corrected chi connectivity index (χ0v) is 11.7. The van der Waals surface area contributed by atoms with Crippen molar-refractivity contribution in [2.75, 3.05) is 13.7 Å². The Morgan fingerprint density at radius 3 is 2.50 bits per heavy atom. The number of benzene rings is 1. The van der Waals surface area contributed by atoms with E-state index in [0.717, 1.165) is 11.3 Å². The average Bonchev–Trinajstić information content (AvgIpc) is 2.43. The van der Waals surface area contributed by atoms with Crippen LogP contribution < -0.4 is 4.74 Å². The Bertz CT molecular complexity index is 564. The number of hydrogen-bond acceptors (Lipinski definition) is 2. The van der Waals surface area contributed by atoms with Crippen molar-refractivity contribution >= 4 is 17.3 Å². The quantitative estimate of drug-likeness (QED) is 0.823. The summed E-state index contributed by atoms with van der Waals surface area (Å²) in [7, 11) is 1.87. The van der Waals surface area contributed by atoms with Crippen molar-refractivity contribution in [1.82, 2.24) is 4.90 Å². The molecule has 1 aromatic carbocycles. The molecule has 0 unspecified atom stereocenters. The first-order valence-electron chi connectivity index (χ1n) is 6.01. The van der Waals surface area contributed by atoms with Crippen LogP contribution in [0.15, 0.2) is 53.7 Å². The second-order valence-electron chi connectivity index (χ2n) is 4.30. The third kappa shape index (κ3) is 3.20. The van der Waals surface area contributed by atoms with Crippen LogP contribution in [0.4, 0.5) is 8.78 Å². The molecule has 20 heavy (non-hydrogen) atoms. The third-order valence-electron chi connectivity index (χ3n) is 2.96. The van der Waals surface area contributed by atoms with E-state index in [1.54, 1.807) is 18.2 Å². The summed E-state index contributed by atoms with van der Waals surface area (Å²) in [5, 5.41) is 0.591. The number of nitrogens with zero attached hydrogens (tertiary/aromatic N) is 1. The summed E-state index contributed by atoms with van der Waals surface area (Å²) in [6.07, 6.45) is 1.18. The summed E-state index contributed by atoms with van der Waals surface area (Å²) in [5.74, 6) is 0.417. The number of allylic oxidation sites excluding steroid dienone is 3. The van der Waals surface area contributed by atoms with Crippen LogP contribution in [-0.4, -0.2) is 25.0 Å². The standard InChI is InChI=1S/C15H14ClF2NO/c1-10-13(16)7-8-14(19(10)2)11-3-5-12(6-4-11)20-9-15(17)18/h3-8,15H,1,9H2,2H3. The molecule has 1 aliphatic rings. The number of ether oxygens (including phenoxy) is 1. The maximum atomic E-state index is 12.1. The minimum atomic E-state index is -2.47. The number of likely N-dealkylation sites (N-methyl/N-ethyl adjacent to an activating group) is 1. The Hall–Kier alpha value is -1.81. The fourth-order valence-electron chi connectivity index (χ4n) is 1.84. The van der Waals surface area contributed by atoms with Crippen molar-refractivity contribution in [3.8, 4) is 5.75 Å². The summed E-state index contributed by atoms with van der Waals surface area (Å²) in [4.78, 5) is 1.87. The smallest absolute Gasteiger partial charge is 0.272 e. The molecule has 0 radical (unpaired) electrons. The van der Waals surface area contributed by atoms with Crippen LogP contribution in [0.3, 0.4) is 0 Å². The molecule has 106 valence electrons. The van der Waals surface area contributed by atoms with E-state index in [0.29, 0.717) is 16.5 Å². The molecule has 2 nitrogen and oxygen atoms in total. The van der Waals surface area contributed by atoms with Crippen LogP contribution in [0.2, 0.25) is 0 Å². The molecule has 0 spiro atoms. The van der Waals surface area contributed by atoms with Crippen molar-refractivity contribution in [3.63, 3.8) is 0 Å². The summed E-state index contributed by atoms with van der Waals surface area (Å²) in [6, 6.07) is 6.94. The zero-order valence-electron chi connectivity index (χ0n) is 10.9. The molecule has 0 saturated heterocycles. The first-order valence-corrected chi connectivity index (χ1v) is 6.38. The Morgan fingerprint density at radius 1 is 1.25 bits per heavy atom. The molecular formula is C15H14ClF2NO. The van der Waals surface area contributed by atoms with Gasteiger partial charge in [0.05, 0.1) is 10.7 Å². The first-order chi connectivity index (χ1) is 9.49. The highest BCUT2D eigenvalue weighted by molar-refractivity contribution is 6.32. The molecule has 1 aliphatic heterocycles. The van der Waals surface area contributed by atoms with Crippen molar-refractivity contribution in [2.24, 2.45) is 0 Å². The Morgan fingerprint density at radius 2 is 1.90 bits per heavy atom. The Balaban J connectivity index is 2.16. The molecule has 0 amide bonds. The van der Waals surface area contributed by atoms with Gasteiger partial charge < -0.3 is 9.64 Å². The van der Waals surface area contributed by atoms with Gasteiger partial charge >= 0.3 is 0 Å². The lowest BCUT2D eigenvalue weighted by molar-refractivity contribution is 0.0819. The normalized spacial score (nSPS) is 15.2. The van der Waals surface area contributed by atoms with Gasteiger partial charge in [0.15, 0.2) is 0 Å². The van der Waals surface area contributed by atoms with Gasteiger partial charge in [0, 0.05) is 12.7 Å². The van der Waals surface area contributed by atoms with Gasteiger partial charge in [0.1, 0.15) is 12.4 Å². The van der Waals surface area contributed by atoms with Gasteiger partial charge in [0.25, 0.3) is 6.43 Å². The Labute approximate surface area is 121 Å². The highest BCUT2D eigenvalue weighted by Gasteiger charge is 2.16. The van der Waals surface area contributed by atoms with E-state index < -0.39 is 13.0 Å². The number of alkyl halides is 2. The SMILES string of the molecule is C=C1C(Cl)=CC=C(c2ccc(OCC(F)F)cc2)N1C. The molecular weight excluding hydrogens is 284 g/mol. The van der Waals surface area contributed by atoms with Crippen molar-refractivity contribution in [3.05, 3.63) is 59.3 Å². The largest absolute Gasteiger partial charge is 0.488 e. The van der Waals surface area contributed by atoms with Gasteiger partial charge in [-0.3, -0.25) is 0 Å². The van der Waals surface area contributed by atoms with E-state index >= 15 is 0 Å². The topological polar surface area (TPSA) is 12.5 Å². The van der Waals surface area contributed by atoms with E-state index in [4.69, 9.17) is 16.3 Å². The maximum Gasteiger partial charge on any atom is 0.272 e. The molecule has 0 N–H and O–H groups in total. The van der Waals surface area contributed by atoms with Gasteiger partial charge in [-0.2, -0.15) is 0 Å². The maximum absolute atomic E-state index is 12.1. The molecule has 0 aliphatic carbocycles. The monoisotopic (exact) mass is 297 g/mol. The van der Waals surface area contributed by atoms with Gasteiger partial charge in [0.2, 0.25) is 0 Å². The highest BCUT2D eigenvalue weighted by Crippen LogP contribution is 2.31. The van der Waals surface area contributed by atoms with Gasteiger partial charge in [-0.1, -0.05) is 18.2 Å². The van der Waals surface area contributed by atoms with Crippen LogP contribution in [0.5, 0.6) is 5.75 Å². The highest BCUT2D eigenvalue weighted by atomic mass is 35.5. The first kappa shape index (κ1) is 14.6. The number of halogens is 3. The van der Waals surface area contributed by atoms with Crippen molar-refractivity contribution < 1.29 is 13.5 Å². The lowest BCUT2D eigenvalue weighted by Crippen LogP contribution is -2.18. The summed E-state index contributed by atoms with van der Waals surface area (Å²) < 4.78 is 29.0. The van der Waals surface area contributed by atoms with Crippen LogP contribution in [-0.2, 0) is 0 Å². The lowest BCUT2D eigenvalue weighted by Gasteiger charge is -2.27. The minimum absolute atomic E-state index is 0.417. The number of rotatable bonds is 4. The lowest BCUT2D eigenvalue weighted by atomic mass is 10.1. The molecule has 1 aromatic rings. The Kier molecular flexibility index (Phi) is 4.45. The molecule has 0 atom stereocenters. The summed E-state index contributed by atoms with van der Waals surface area (Å²) in [6.45, 7) is 3.30. The number of hydrogen-bond donors (Lipinski definition) is 0. The second kappa shape index (κ2) is 6.09. The van der Waals surface area contributed by atoms with Gasteiger partial charge in [-0.25, -0.2) is 8.78 Å². The predicted octanol–water partition coefficient (Wildman–Crippen LogP) is 4.25. The van der Waals surface area contributed by atoms with Gasteiger partial charge in [-0.15, -0.1) is 0 Å². The molecule has 0 saturated carbocycles. The summed E-state index contributed by atoms with van der Waals surface area (Å²) >= 11 is 6.00. The molecule has 0 bridgehead atoms. The van der Waals surface area contributed by atoms with E-state index in [1.807, 2.05) is 30.2 Å². The van der Waals surface area contributed by atoms with Crippen LogP contribution >= 0.6 is 11.6 Å². The minimum Gasteiger partial charge on any atom is -0.488 e. The fourth-order valence-corrected chi connectivity index (χ4v) is 2.03. The third-order valence-corrected chi connectivity index (χ3v) is 3.30. The van der Waals surface area contributed by atoms with Crippen LogP contribution in [0, 0.1) is 0 Å². The van der Waals surface area contributed by atoms with E-state index in [1.165, 1.54) is 0 Å². The molecule has 1 heterocycles. The van der Waals surface area contributed by atoms with Gasteiger partial charge in [-0.05, 0) is 42.0 Å². The van der Waals surface area contributed by atoms with Crippen molar-refractivity contribution in [1.29, 1.82) is 0 Å². The summed E-state index contributed by atoms with van der Waals surface area (Å²) in [5.41, 5.74) is 2.57. The van der Waals surface area contributed by atoms with E-state index in [9.17, 15) is 8.78 Å². The van der Waals surface area contributed by atoms with E-state index in [2.05, 4.69) is 6.58 Å². The zero-order chi connectivity index (χ0) is 14.7. The van der Waals surface area contributed by atoms with E-state index in [-0.39, 0.29) is 0 Å². The molecule has 0 aromatic heterocycles. The average molecular weight is 298 g/mol. The second-order valence-corrected chi connectivity index (χ2v) is 4.71. The molecule has 2 rings (SSSR count). The van der Waals surface area contributed by atoms with Crippen molar-refractivity contribution in [2.45, 2.75) is 6.43 Å². The molecule has 0 fully saturated rings. The fraction of sp³-hybridized carbons (Fsp3) is 0.200. The van der Waals surface area contributed by atoms with Crippen LogP contribution in [0.25, 0.3) is 5.70 Å².